The second kappa shape index (κ2) is 4.94. The van der Waals surface area contributed by atoms with Gasteiger partial charge in [0, 0.05) is 20.1 Å². The van der Waals surface area contributed by atoms with Crippen molar-refractivity contribution in [1.82, 2.24) is 9.80 Å². The Hall–Kier alpha value is -1.26. The number of carboxylic acid groups (broad SMARTS) is 1. The van der Waals surface area contributed by atoms with Crippen LogP contribution in [0.15, 0.2) is 0 Å². The monoisotopic (exact) mass is 242 g/mol. The summed E-state index contributed by atoms with van der Waals surface area (Å²) in [5.74, 6) is -0.869. The molecule has 0 aromatic rings. The van der Waals surface area contributed by atoms with Gasteiger partial charge in [-0.1, -0.05) is 13.3 Å². The van der Waals surface area contributed by atoms with E-state index in [2.05, 4.69) is 6.92 Å². The minimum Gasteiger partial charge on any atom is -0.481 e. The molecule has 0 saturated carbocycles. The lowest BCUT2D eigenvalue weighted by atomic mass is 9.93. The molecule has 0 aromatic carbocycles. The predicted octanol–water partition coefficient (Wildman–Crippen LogP) is 1.63. The van der Waals surface area contributed by atoms with Crippen LogP contribution in [0.2, 0.25) is 0 Å². The summed E-state index contributed by atoms with van der Waals surface area (Å²) in [7, 11) is 1.79. The third-order valence-corrected chi connectivity index (χ3v) is 3.34. The fourth-order valence-electron chi connectivity index (χ4n) is 2.13. The molecule has 1 N–H and O–H groups in total. The molecule has 2 amide bonds. The molecule has 0 radical (unpaired) electrons. The van der Waals surface area contributed by atoms with Crippen molar-refractivity contribution >= 4 is 12.0 Å². The summed E-state index contributed by atoms with van der Waals surface area (Å²) < 4.78 is 0. The van der Waals surface area contributed by atoms with E-state index in [1.54, 1.807) is 30.7 Å². The number of amides is 2. The van der Waals surface area contributed by atoms with E-state index in [0.29, 0.717) is 6.54 Å². The van der Waals surface area contributed by atoms with Crippen LogP contribution in [0, 0.1) is 5.41 Å². The van der Waals surface area contributed by atoms with E-state index in [1.165, 1.54) is 0 Å². The van der Waals surface area contributed by atoms with Crippen molar-refractivity contribution in [2.24, 2.45) is 5.41 Å². The van der Waals surface area contributed by atoms with Gasteiger partial charge in [0.15, 0.2) is 0 Å². The lowest BCUT2D eigenvalue weighted by molar-refractivity contribution is -0.147. The van der Waals surface area contributed by atoms with E-state index in [-0.39, 0.29) is 18.6 Å². The Balaban J connectivity index is 2.68. The van der Waals surface area contributed by atoms with Crippen LogP contribution in [-0.2, 0) is 4.79 Å². The maximum atomic E-state index is 11.9. The van der Waals surface area contributed by atoms with Gasteiger partial charge in [-0.25, -0.2) is 4.79 Å². The molecule has 1 rings (SSSR count). The van der Waals surface area contributed by atoms with Crippen LogP contribution in [0.5, 0.6) is 0 Å². The number of nitrogens with zero attached hydrogens (tertiary/aromatic N) is 2. The fourth-order valence-corrected chi connectivity index (χ4v) is 2.13. The molecular formula is C12H22N2O3. The molecule has 98 valence electrons. The summed E-state index contributed by atoms with van der Waals surface area (Å²) in [6.07, 6.45) is 1.99. The van der Waals surface area contributed by atoms with E-state index in [9.17, 15) is 9.59 Å². The molecule has 5 nitrogen and oxygen atoms in total. The van der Waals surface area contributed by atoms with Crippen LogP contribution >= 0.6 is 0 Å². The van der Waals surface area contributed by atoms with Crippen molar-refractivity contribution in [1.29, 1.82) is 0 Å². The zero-order valence-corrected chi connectivity index (χ0v) is 11.1. The second-order valence-electron chi connectivity index (χ2n) is 5.41. The maximum absolute atomic E-state index is 11.9. The Morgan fingerprint density at radius 1 is 1.53 bits per heavy atom. The second-order valence-corrected chi connectivity index (χ2v) is 5.41. The molecule has 17 heavy (non-hydrogen) atoms. The van der Waals surface area contributed by atoms with Crippen LogP contribution in [-0.4, -0.2) is 53.1 Å². The van der Waals surface area contributed by atoms with Gasteiger partial charge in [0.25, 0.3) is 0 Å². The van der Waals surface area contributed by atoms with Crippen molar-refractivity contribution in [3.63, 3.8) is 0 Å². The quantitative estimate of drug-likeness (QED) is 0.797. The molecule has 0 spiro atoms. The van der Waals surface area contributed by atoms with E-state index in [1.807, 2.05) is 0 Å². The normalized spacial score (nSPS) is 21.2. The van der Waals surface area contributed by atoms with Crippen molar-refractivity contribution in [3.8, 4) is 0 Å². The molecule has 1 aliphatic rings. The number of carbonyl (C=O) groups is 2. The number of hydrogen-bond acceptors (Lipinski definition) is 2. The molecule has 1 heterocycles. The molecule has 1 unspecified atom stereocenters. The number of hydrogen-bond donors (Lipinski definition) is 1. The number of aliphatic carboxylic acids is 1. The average Bonchev–Trinajstić information content (AvgIpc) is 2.47. The average molecular weight is 242 g/mol. The SMILES string of the molecule is CCCC1CN(CC(C)(C)C(=O)O)C(=O)N1C. The van der Waals surface area contributed by atoms with Crippen molar-refractivity contribution < 1.29 is 14.7 Å². The predicted molar refractivity (Wildman–Crippen MR) is 64.8 cm³/mol. The number of carboxylic acids is 1. The molecule has 5 heteroatoms. The van der Waals surface area contributed by atoms with Gasteiger partial charge in [-0.3, -0.25) is 4.79 Å². The van der Waals surface area contributed by atoms with E-state index in [4.69, 9.17) is 5.11 Å². The first-order valence-corrected chi connectivity index (χ1v) is 6.04. The third-order valence-electron chi connectivity index (χ3n) is 3.34. The number of likely N-dealkylation sites (N-methyl/N-ethyl adjacent to an activating group) is 1. The zero-order chi connectivity index (χ0) is 13.2. The van der Waals surface area contributed by atoms with E-state index < -0.39 is 11.4 Å². The first-order chi connectivity index (χ1) is 7.79. The summed E-state index contributed by atoms with van der Waals surface area (Å²) in [4.78, 5) is 26.4. The van der Waals surface area contributed by atoms with E-state index in [0.717, 1.165) is 12.8 Å². The summed E-state index contributed by atoms with van der Waals surface area (Å²) in [6.45, 7) is 6.29. The zero-order valence-electron chi connectivity index (χ0n) is 11.1. The Labute approximate surface area is 102 Å². The highest BCUT2D eigenvalue weighted by Crippen LogP contribution is 2.24. The maximum Gasteiger partial charge on any atom is 0.320 e. The molecule has 1 aliphatic heterocycles. The fraction of sp³-hybridized carbons (Fsp3) is 0.833. The van der Waals surface area contributed by atoms with Gasteiger partial charge < -0.3 is 14.9 Å². The molecular weight excluding hydrogens is 220 g/mol. The van der Waals surface area contributed by atoms with E-state index >= 15 is 0 Å². The molecule has 1 atom stereocenters. The van der Waals surface area contributed by atoms with Gasteiger partial charge in [-0.15, -0.1) is 0 Å². The molecule has 1 fully saturated rings. The highest BCUT2D eigenvalue weighted by molar-refractivity contribution is 5.79. The first-order valence-electron chi connectivity index (χ1n) is 6.04. The van der Waals surface area contributed by atoms with Crippen molar-refractivity contribution in [3.05, 3.63) is 0 Å². The molecule has 0 aliphatic carbocycles. The molecule has 0 bridgehead atoms. The largest absolute Gasteiger partial charge is 0.481 e. The van der Waals surface area contributed by atoms with Crippen molar-refractivity contribution in [2.75, 3.05) is 20.1 Å². The highest BCUT2D eigenvalue weighted by atomic mass is 16.4. The van der Waals surface area contributed by atoms with Gasteiger partial charge in [0.05, 0.1) is 11.5 Å². The van der Waals surface area contributed by atoms with Crippen LogP contribution in [0.1, 0.15) is 33.6 Å². The Morgan fingerprint density at radius 2 is 2.12 bits per heavy atom. The first kappa shape index (κ1) is 13.8. The Morgan fingerprint density at radius 3 is 2.59 bits per heavy atom. The van der Waals surface area contributed by atoms with Gasteiger partial charge in [0.2, 0.25) is 0 Å². The lowest BCUT2D eigenvalue weighted by Gasteiger charge is -2.25. The number of urea groups is 1. The van der Waals surface area contributed by atoms with Gasteiger partial charge in [-0.05, 0) is 20.3 Å². The Bertz CT molecular complexity index is 315. The third kappa shape index (κ3) is 2.90. The van der Waals surface area contributed by atoms with Crippen LogP contribution < -0.4 is 0 Å². The summed E-state index contributed by atoms with van der Waals surface area (Å²) in [6, 6.07) is 0.162. The summed E-state index contributed by atoms with van der Waals surface area (Å²) in [5.41, 5.74) is -0.891. The highest BCUT2D eigenvalue weighted by Gasteiger charge is 2.39. The van der Waals surface area contributed by atoms with Crippen LogP contribution in [0.4, 0.5) is 4.79 Å². The molecule has 0 aromatic heterocycles. The van der Waals surface area contributed by atoms with Gasteiger partial charge >= 0.3 is 12.0 Å². The standard InChI is InChI=1S/C12H22N2O3/c1-5-6-9-7-14(11(17)13(9)4)8-12(2,3)10(15)16/h9H,5-8H2,1-4H3,(H,15,16). The summed E-state index contributed by atoms with van der Waals surface area (Å²) in [5, 5.41) is 9.07. The minimum absolute atomic E-state index is 0.0576. The summed E-state index contributed by atoms with van der Waals surface area (Å²) >= 11 is 0. The van der Waals surface area contributed by atoms with Crippen LogP contribution in [0.25, 0.3) is 0 Å². The number of carbonyl (C=O) groups excluding carboxylic acids is 1. The minimum atomic E-state index is -0.891. The van der Waals surface area contributed by atoms with Crippen molar-refractivity contribution in [2.45, 2.75) is 39.7 Å². The van der Waals surface area contributed by atoms with Gasteiger partial charge in [0.1, 0.15) is 0 Å². The topological polar surface area (TPSA) is 60.9 Å². The van der Waals surface area contributed by atoms with Gasteiger partial charge in [-0.2, -0.15) is 0 Å². The molecule has 1 saturated heterocycles. The Kier molecular flexibility index (Phi) is 4.01. The van der Waals surface area contributed by atoms with Crippen LogP contribution in [0.3, 0.4) is 0 Å². The number of rotatable bonds is 5. The lowest BCUT2D eigenvalue weighted by Crippen LogP contribution is -2.41. The smallest absolute Gasteiger partial charge is 0.320 e.